The summed E-state index contributed by atoms with van der Waals surface area (Å²) in [7, 11) is 0. The summed E-state index contributed by atoms with van der Waals surface area (Å²) in [6.45, 7) is 8.43. The molecule has 0 unspecified atom stereocenters. The average molecular weight is 156 g/mol. The molecule has 3 nitrogen and oxygen atoms in total. The lowest BCUT2D eigenvalue weighted by Crippen LogP contribution is -2.41. The number of likely N-dealkylation sites (N-methyl/N-ethyl adjacent to an activating group) is 1. The quantitative estimate of drug-likeness (QED) is 0.598. The Hall–Kier alpha value is -0.830. The van der Waals surface area contributed by atoms with E-state index < -0.39 is 6.04 Å². The van der Waals surface area contributed by atoms with Crippen LogP contribution in [-0.2, 0) is 4.79 Å². The third-order valence-electron chi connectivity index (χ3n) is 1.43. The Bertz CT molecular complexity index is 143. The molecule has 0 aliphatic rings. The van der Waals surface area contributed by atoms with Crippen LogP contribution in [0, 0.1) is 0 Å². The Balaban J connectivity index is 4.02. The van der Waals surface area contributed by atoms with E-state index in [2.05, 4.69) is 6.58 Å². The Morgan fingerprint density at radius 1 is 1.82 bits per heavy atom. The zero-order valence-electron chi connectivity index (χ0n) is 7.21. The summed E-state index contributed by atoms with van der Waals surface area (Å²) in [5.41, 5.74) is 5.42. The van der Waals surface area contributed by atoms with Crippen molar-refractivity contribution in [2.24, 2.45) is 5.73 Å². The van der Waals surface area contributed by atoms with Crippen molar-refractivity contribution in [3.8, 4) is 0 Å². The number of carbonyl (C=O) groups is 1. The lowest BCUT2D eigenvalue weighted by molar-refractivity contribution is -0.131. The van der Waals surface area contributed by atoms with E-state index in [1.165, 1.54) is 0 Å². The molecule has 0 rings (SSSR count). The number of rotatable bonds is 4. The lowest BCUT2D eigenvalue weighted by Gasteiger charge is -2.20. The van der Waals surface area contributed by atoms with Gasteiger partial charge in [0.25, 0.3) is 0 Å². The minimum absolute atomic E-state index is 0.0209. The molecule has 3 heteroatoms. The highest BCUT2D eigenvalue weighted by atomic mass is 16.2. The van der Waals surface area contributed by atoms with Crippen LogP contribution in [0.3, 0.4) is 0 Å². The van der Waals surface area contributed by atoms with Gasteiger partial charge in [0.2, 0.25) is 5.91 Å². The van der Waals surface area contributed by atoms with E-state index in [4.69, 9.17) is 5.73 Å². The molecule has 0 heterocycles. The molecule has 2 N–H and O–H groups in total. The number of nitrogens with two attached hydrogens (primary N) is 1. The predicted molar refractivity (Wildman–Crippen MR) is 46.1 cm³/mol. The molecule has 11 heavy (non-hydrogen) atoms. The Kier molecular flexibility index (Phi) is 4.54. The van der Waals surface area contributed by atoms with Crippen molar-refractivity contribution in [3.63, 3.8) is 0 Å². The maximum Gasteiger partial charge on any atom is 0.239 e. The fourth-order valence-electron chi connectivity index (χ4n) is 0.819. The van der Waals surface area contributed by atoms with Gasteiger partial charge in [-0.3, -0.25) is 4.79 Å². The first kappa shape index (κ1) is 10.2. The third kappa shape index (κ3) is 3.18. The van der Waals surface area contributed by atoms with Gasteiger partial charge in [-0.25, -0.2) is 0 Å². The van der Waals surface area contributed by atoms with Gasteiger partial charge in [0, 0.05) is 13.1 Å². The molecule has 1 amide bonds. The molecule has 0 saturated heterocycles. The molecule has 0 aliphatic heterocycles. The molecule has 0 fully saturated rings. The normalized spacial score (nSPS) is 12.3. The first-order chi connectivity index (χ1) is 5.13. The fourth-order valence-corrected chi connectivity index (χ4v) is 0.819. The van der Waals surface area contributed by atoms with Gasteiger partial charge in [0.1, 0.15) is 0 Å². The molecule has 0 saturated carbocycles. The molecule has 64 valence electrons. The van der Waals surface area contributed by atoms with Gasteiger partial charge >= 0.3 is 0 Å². The van der Waals surface area contributed by atoms with Crippen LogP contribution in [-0.4, -0.2) is 29.9 Å². The molecule has 0 radical (unpaired) electrons. The van der Waals surface area contributed by atoms with Crippen LogP contribution in [0.1, 0.15) is 13.8 Å². The second kappa shape index (κ2) is 4.91. The maximum atomic E-state index is 11.2. The first-order valence-corrected chi connectivity index (χ1v) is 3.78. The first-order valence-electron chi connectivity index (χ1n) is 3.78. The molecule has 0 aliphatic carbocycles. The second-order valence-corrected chi connectivity index (χ2v) is 2.45. The largest absolute Gasteiger partial charge is 0.338 e. The van der Waals surface area contributed by atoms with E-state index in [0.717, 1.165) is 0 Å². The average Bonchev–Trinajstić information content (AvgIpc) is 1.98. The van der Waals surface area contributed by atoms with E-state index in [1.807, 2.05) is 6.92 Å². The standard InChI is InChI=1S/C8H16N2O/c1-4-6-10(5-2)8(11)7(3)9/h4,7H,1,5-6,9H2,2-3H3/t7-/m0/s1. The fraction of sp³-hybridized carbons (Fsp3) is 0.625. The third-order valence-corrected chi connectivity index (χ3v) is 1.43. The van der Waals surface area contributed by atoms with Crippen LogP contribution in [0.15, 0.2) is 12.7 Å². The van der Waals surface area contributed by atoms with Crippen LogP contribution in [0.5, 0.6) is 0 Å². The SMILES string of the molecule is C=CCN(CC)C(=O)[C@H](C)N. The van der Waals surface area contributed by atoms with Crippen LogP contribution in [0.2, 0.25) is 0 Å². The second-order valence-electron chi connectivity index (χ2n) is 2.45. The highest BCUT2D eigenvalue weighted by Crippen LogP contribution is 1.92. The summed E-state index contributed by atoms with van der Waals surface area (Å²) < 4.78 is 0. The minimum Gasteiger partial charge on any atom is -0.338 e. The minimum atomic E-state index is -0.408. The van der Waals surface area contributed by atoms with Gasteiger partial charge in [0.15, 0.2) is 0 Å². The maximum absolute atomic E-state index is 11.2. The van der Waals surface area contributed by atoms with E-state index >= 15 is 0 Å². The van der Waals surface area contributed by atoms with Crippen molar-refractivity contribution in [2.75, 3.05) is 13.1 Å². The zero-order chi connectivity index (χ0) is 8.85. The predicted octanol–water partition coefficient (Wildman–Crippen LogP) is 0.368. The number of carbonyl (C=O) groups excluding carboxylic acids is 1. The van der Waals surface area contributed by atoms with E-state index in [-0.39, 0.29) is 5.91 Å². The van der Waals surface area contributed by atoms with Crippen molar-refractivity contribution in [2.45, 2.75) is 19.9 Å². The number of hydrogen-bond acceptors (Lipinski definition) is 2. The summed E-state index contributed by atoms with van der Waals surface area (Å²) in [6.07, 6.45) is 1.70. The van der Waals surface area contributed by atoms with Crippen LogP contribution < -0.4 is 5.73 Å². The summed E-state index contributed by atoms with van der Waals surface area (Å²) in [5, 5.41) is 0. The van der Waals surface area contributed by atoms with Gasteiger partial charge < -0.3 is 10.6 Å². The van der Waals surface area contributed by atoms with Crippen molar-refractivity contribution >= 4 is 5.91 Å². The zero-order valence-corrected chi connectivity index (χ0v) is 7.21. The van der Waals surface area contributed by atoms with Crippen molar-refractivity contribution in [1.29, 1.82) is 0 Å². The van der Waals surface area contributed by atoms with E-state index in [1.54, 1.807) is 17.9 Å². The molecule has 0 aromatic carbocycles. The molecule has 0 aromatic heterocycles. The molecular weight excluding hydrogens is 140 g/mol. The molecule has 0 spiro atoms. The Labute approximate surface area is 67.9 Å². The highest BCUT2D eigenvalue weighted by molar-refractivity contribution is 5.81. The smallest absolute Gasteiger partial charge is 0.239 e. The van der Waals surface area contributed by atoms with Crippen molar-refractivity contribution in [1.82, 2.24) is 4.90 Å². The van der Waals surface area contributed by atoms with Crippen LogP contribution in [0.4, 0.5) is 0 Å². The van der Waals surface area contributed by atoms with Gasteiger partial charge in [-0.15, -0.1) is 6.58 Å². The number of hydrogen-bond donors (Lipinski definition) is 1. The van der Waals surface area contributed by atoms with Crippen molar-refractivity contribution in [3.05, 3.63) is 12.7 Å². The van der Waals surface area contributed by atoms with Gasteiger partial charge in [-0.1, -0.05) is 6.08 Å². The van der Waals surface area contributed by atoms with Crippen molar-refractivity contribution < 1.29 is 4.79 Å². The van der Waals surface area contributed by atoms with Gasteiger partial charge in [-0.2, -0.15) is 0 Å². The summed E-state index contributed by atoms with van der Waals surface area (Å²) in [5.74, 6) is -0.0209. The highest BCUT2D eigenvalue weighted by Gasteiger charge is 2.13. The summed E-state index contributed by atoms with van der Waals surface area (Å²) in [6, 6.07) is -0.408. The van der Waals surface area contributed by atoms with Gasteiger partial charge in [0.05, 0.1) is 6.04 Å². The number of nitrogens with zero attached hydrogens (tertiary/aromatic N) is 1. The molecule has 1 atom stereocenters. The Morgan fingerprint density at radius 3 is 2.64 bits per heavy atom. The lowest BCUT2D eigenvalue weighted by atomic mass is 10.3. The topological polar surface area (TPSA) is 46.3 Å². The van der Waals surface area contributed by atoms with E-state index in [9.17, 15) is 4.79 Å². The molecular formula is C8H16N2O. The Morgan fingerprint density at radius 2 is 2.36 bits per heavy atom. The molecule has 0 bridgehead atoms. The summed E-state index contributed by atoms with van der Waals surface area (Å²) >= 11 is 0. The number of amides is 1. The molecule has 0 aromatic rings. The monoisotopic (exact) mass is 156 g/mol. The van der Waals surface area contributed by atoms with Crippen LogP contribution in [0.25, 0.3) is 0 Å². The van der Waals surface area contributed by atoms with E-state index in [0.29, 0.717) is 13.1 Å². The summed E-state index contributed by atoms with van der Waals surface area (Å²) in [4.78, 5) is 12.9. The van der Waals surface area contributed by atoms with Crippen LogP contribution >= 0.6 is 0 Å². The van der Waals surface area contributed by atoms with Gasteiger partial charge in [-0.05, 0) is 13.8 Å².